The van der Waals surface area contributed by atoms with E-state index in [2.05, 4.69) is 54.2 Å². The van der Waals surface area contributed by atoms with Crippen LogP contribution in [-0.4, -0.2) is 52.1 Å². The Morgan fingerprint density at radius 1 is 0.923 bits per heavy atom. The molecule has 0 bridgehead atoms. The first-order valence-corrected chi connectivity index (χ1v) is 13.5. The number of carbonyl (C=O) groups is 1. The van der Waals surface area contributed by atoms with Gasteiger partial charge in [0.25, 0.3) is 5.71 Å². The molecule has 3 aromatic carbocycles. The van der Waals surface area contributed by atoms with Crippen LogP contribution >= 0.6 is 0 Å². The molecule has 5 aromatic rings. The van der Waals surface area contributed by atoms with Gasteiger partial charge in [0.1, 0.15) is 22.7 Å². The van der Waals surface area contributed by atoms with Crippen LogP contribution in [0.25, 0.3) is 39.2 Å². The molecule has 3 heterocycles. The zero-order valence-electron chi connectivity index (χ0n) is 22.2. The van der Waals surface area contributed by atoms with Crippen LogP contribution in [0.1, 0.15) is 25.2 Å². The Morgan fingerprint density at radius 3 is 2.44 bits per heavy atom. The van der Waals surface area contributed by atoms with Crippen LogP contribution in [0.3, 0.4) is 0 Å². The fraction of sp³-hybridized carbons (Fsp3) is 0.250. The molecule has 0 radical (unpaired) electrons. The smallest absolute Gasteiger partial charge is 0.263 e. The predicted molar refractivity (Wildman–Crippen MR) is 155 cm³/mol. The highest BCUT2D eigenvalue weighted by atomic mass is 16.5. The van der Waals surface area contributed by atoms with E-state index in [0.717, 1.165) is 45.7 Å². The molecule has 6 rings (SSSR count). The lowest BCUT2D eigenvalue weighted by Gasteiger charge is -2.35. The van der Waals surface area contributed by atoms with Gasteiger partial charge in [0.15, 0.2) is 0 Å². The number of hydrogen-bond donors (Lipinski definition) is 0. The quantitative estimate of drug-likeness (QED) is 0.257. The molecule has 1 amide bonds. The summed E-state index contributed by atoms with van der Waals surface area (Å²) in [6.45, 7) is 6.86. The van der Waals surface area contributed by atoms with Gasteiger partial charge in [-0.25, -0.2) is 4.98 Å². The van der Waals surface area contributed by atoms with Crippen LogP contribution in [0.5, 0.6) is 0 Å². The molecule has 0 atom stereocenters. The maximum atomic E-state index is 12.9. The molecule has 39 heavy (non-hydrogen) atoms. The number of benzene rings is 3. The van der Waals surface area contributed by atoms with Gasteiger partial charge in [-0.15, -0.1) is 0 Å². The monoisotopic (exact) mass is 517 g/mol. The number of rotatable bonds is 6. The van der Waals surface area contributed by atoms with E-state index in [0.29, 0.717) is 37.8 Å². The lowest BCUT2D eigenvalue weighted by molar-refractivity contribution is -0.126. The van der Waals surface area contributed by atoms with Crippen molar-refractivity contribution in [3.8, 4) is 11.3 Å². The Kier molecular flexibility index (Phi) is 6.80. The van der Waals surface area contributed by atoms with Crippen LogP contribution in [-0.2, 0) is 11.2 Å². The number of amides is 1. The summed E-state index contributed by atoms with van der Waals surface area (Å²) in [4.78, 5) is 26.8. The summed E-state index contributed by atoms with van der Waals surface area (Å²) in [6, 6.07) is 24.5. The van der Waals surface area contributed by atoms with Gasteiger partial charge in [-0.3, -0.25) is 4.79 Å². The molecule has 196 valence electrons. The van der Waals surface area contributed by atoms with Crippen molar-refractivity contribution >= 4 is 39.7 Å². The van der Waals surface area contributed by atoms with E-state index in [1.165, 1.54) is 5.39 Å². The van der Waals surface area contributed by atoms with Crippen molar-refractivity contribution in [2.24, 2.45) is 5.92 Å². The first-order chi connectivity index (χ1) is 19.0. The van der Waals surface area contributed by atoms with Crippen molar-refractivity contribution in [3.05, 3.63) is 90.3 Å². The van der Waals surface area contributed by atoms with Crippen LogP contribution in [0.15, 0.2) is 83.4 Å². The number of hydrogen-bond acceptors (Lipinski definition) is 6. The van der Waals surface area contributed by atoms with Gasteiger partial charge in [0.05, 0.1) is 0 Å². The summed E-state index contributed by atoms with van der Waals surface area (Å²) < 4.78 is 5.80. The number of anilines is 1. The molecule has 1 aliphatic rings. The highest BCUT2D eigenvalue weighted by molar-refractivity contribution is 6.00. The van der Waals surface area contributed by atoms with Gasteiger partial charge >= 0.3 is 0 Å². The lowest BCUT2D eigenvalue weighted by Crippen LogP contribution is -2.48. The molecule has 7 heteroatoms. The van der Waals surface area contributed by atoms with Crippen molar-refractivity contribution < 1.29 is 9.32 Å². The van der Waals surface area contributed by atoms with Crippen LogP contribution in [0, 0.1) is 5.92 Å². The predicted octanol–water partition coefficient (Wildman–Crippen LogP) is 6.00. The summed E-state index contributed by atoms with van der Waals surface area (Å²) in [5, 5.41) is 7.60. The number of piperazine rings is 1. The molecule has 1 fully saturated rings. The SMILES string of the molecule is CC(C)Cc1nc(N2CCN(C(=O)/C=C/c3ccccc3)CC2)c2c(-c3ccc4ccccc4c3)noc2n1. The Morgan fingerprint density at radius 2 is 1.67 bits per heavy atom. The Bertz CT molecular complexity index is 1650. The number of carbonyl (C=O) groups excluding carboxylic acids is 1. The fourth-order valence-electron chi connectivity index (χ4n) is 5.07. The highest BCUT2D eigenvalue weighted by Gasteiger charge is 2.27. The van der Waals surface area contributed by atoms with E-state index < -0.39 is 0 Å². The van der Waals surface area contributed by atoms with E-state index in [9.17, 15) is 4.79 Å². The summed E-state index contributed by atoms with van der Waals surface area (Å²) in [7, 11) is 0. The molecule has 0 saturated carbocycles. The largest absolute Gasteiger partial charge is 0.352 e. The van der Waals surface area contributed by atoms with E-state index in [1.807, 2.05) is 53.4 Å². The van der Waals surface area contributed by atoms with Gasteiger partial charge in [-0.05, 0) is 34.4 Å². The second-order valence-electron chi connectivity index (χ2n) is 10.4. The Hall–Kier alpha value is -4.52. The summed E-state index contributed by atoms with van der Waals surface area (Å²) in [5.41, 5.74) is 3.22. The standard InChI is InChI=1S/C32H31N5O2/c1-22(2)20-27-33-31(37-18-16-36(17-19-37)28(38)15-12-23-8-4-3-5-9-23)29-30(35-39-32(29)34-27)26-14-13-24-10-6-7-11-25(24)21-26/h3-15,21-22H,16-20H2,1-2H3/b15-12+. The van der Waals surface area contributed by atoms with Gasteiger partial charge in [-0.1, -0.05) is 85.7 Å². The summed E-state index contributed by atoms with van der Waals surface area (Å²) in [6.07, 6.45) is 4.28. The van der Waals surface area contributed by atoms with E-state index in [4.69, 9.17) is 14.5 Å². The normalized spacial score (nSPS) is 14.2. The number of fused-ring (bicyclic) bond motifs is 2. The first kappa shape index (κ1) is 24.8. The molecule has 1 aliphatic heterocycles. The zero-order valence-corrected chi connectivity index (χ0v) is 22.2. The highest BCUT2D eigenvalue weighted by Crippen LogP contribution is 2.35. The number of aromatic nitrogens is 3. The van der Waals surface area contributed by atoms with Gasteiger partial charge in [0, 0.05) is 44.2 Å². The first-order valence-electron chi connectivity index (χ1n) is 13.5. The van der Waals surface area contributed by atoms with Crippen molar-refractivity contribution in [2.45, 2.75) is 20.3 Å². The average molecular weight is 518 g/mol. The maximum absolute atomic E-state index is 12.9. The topological polar surface area (TPSA) is 75.4 Å². The van der Waals surface area contributed by atoms with Crippen LogP contribution in [0.4, 0.5) is 5.82 Å². The molecule has 0 unspecified atom stereocenters. The molecule has 0 aliphatic carbocycles. The van der Waals surface area contributed by atoms with Crippen molar-refractivity contribution in [1.29, 1.82) is 0 Å². The molecule has 2 aromatic heterocycles. The minimum absolute atomic E-state index is 0.0219. The van der Waals surface area contributed by atoms with Gasteiger partial charge in [-0.2, -0.15) is 4.98 Å². The zero-order chi connectivity index (χ0) is 26.8. The summed E-state index contributed by atoms with van der Waals surface area (Å²) >= 11 is 0. The molecule has 7 nitrogen and oxygen atoms in total. The van der Waals surface area contributed by atoms with Gasteiger partial charge < -0.3 is 14.3 Å². The fourth-order valence-corrected chi connectivity index (χ4v) is 5.07. The molecule has 1 saturated heterocycles. The maximum Gasteiger partial charge on any atom is 0.263 e. The summed E-state index contributed by atoms with van der Waals surface area (Å²) in [5.74, 6) is 2.00. The molecular weight excluding hydrogens is 486 g/mol. The van der Waals surface area contributed by atoms with E-state index in [1.54, 1.807) is 6.08 Å². The van der Waals surface area contributed by atoms with Crippen LogP contribution in [0.2, 0.25) is 0 Å². The third-order valence-corrected chi connectivity index (χ3v) is 7.09. The lowest BCUT2D eigenvalue weighted by atomic mass is 10.0. The van der Waals surface area contributed by atoms with Crippen molar-refractivity contribution in [3.63, 3.8) is 0 Å². The minimum Gasteiger partial charge on any atom is -0.352 e. The second-order valence-corrected chi connectivity index (χ2v) is 10.4. The van der Waals surface area contributed by atoms with E-state index >= 15 is 0 Å². The van der Waals surface area contributed by atoms with Crippen molar-refractivity contribution in [2.75, 3.05) is 31.1 Å². The molecule has 0 N–H and O–H groups in total. The van der Waals surface area contributed by atoms with Gasteiger partial charge in [0.2, 0.25) is 5.91 Å². The van der Waals surface area contributed by atoms with Crippen molar-refractivity contribution in [1.82, 2.24) is 20.0 Å². The average Bonchev–Trinajstić information content (AvgIpc) is 3.39. The third-order valence-electron chi connectivity index (χ3n) is 7.09. The molecule has 0 spiro atoms. The Balaban J connectivity index is 1.30. The Labute approximate surface area is 227 Å². The number of nitrogens with zero attached hydrogens (tertiary/aromatic N) is 5. The van der Waals surface area contributed by atoms with E-state index in [-0.39, 0.29) is 5.91 Å². The third kappa shape index (κ3) is 5.25. The second kappa shape index (κ2) is 10.7. The molecular formula is C32H31N5O2. The minimum atomic E-state index is 0.0219. The van der Waals surface area contributed by atoms with Crippen LogP contribution < -0.4 is 4.90 Å².